The second kappa shape index (κ2) is 8.27. The number of hydrogen-bond donors (Lipinski definition) is 1. The lowest BCUT2D eigenvalue weighted by Crippen LogP contribution is -2.14. The Hall–Kier alpha value is -1.94. The van der Waals surface area contributed by atoms with E-state index in [1.54, 1.807) is 18.6 Å². The van der Waals surface area contributed by atoms with Gasteiger partial charge >= 0.3 is 0 Å². The SMILES string of the molecule is CCCNCc1ccc(OCCc2ccncc2)cn1. The number of ether oxygens (including phenoxy) is 1. The quantitative estimate of drug-likeness (QED) is 0.750. The Labute approximate surface area is 120 Å². The van der Waals surface area contributed by atoms with Gasteiger partial charge < -0.3 is 10.1 Å². The van der Waals surface area contributed by atoms with Crippen LogP contribution in [-0.2, 0) is 13.0 Å². The normalized spacial score (nSPS) is 10.4. The molecule has 0 unspecified atom stereocenters. The van der Waals surface area contributed by atoms with Gasteiger partial charge in [0.25, 0.3) is 0 Å². The number of aromatic nitrogens is 2. The Morgan fingerprint density at radius 3 is 2.70 bits per heavy atom. The number of hydrogen-bond acceptors (Lipinski definition) is 4. The van der Waals surface area contributed by atoms with Crippen LogP contribution in [0.25, 0.3) is 0 Å². The highest BCUT2D eigenvalue weighted by Gasteiger charge is 1.98. The van der Waals surface area contributed by atoms with Crippen molar-refractivity contribution >= 4 is 0 Å². The maximum atomic E-state index is 5.69. The van der Waals surface area contributed by atoms with Crippen LogP contribution in [0.3, 0.4) is 0 Å². The molecule has 0 saturated carbocycles. The van der Waals surface area contributed by atoms with Crippen LogP contribution >= 0.6 is 0 Å². The molecule has 2 rings (SSSR count). The lowest BCUT2D eigenvalue weighted by molar-refractivity contribution is 0.320. The molecule has 4 nitrogen and oxygen atoms in total. The third kappa shape index (κ3) is 4.97. The molecular weight excluding hydrogens is 250 g/mol. The average molecular weight is 271 g/mol. The summed E-state index contributed by atoms with van der Waals surface area (Å²) in [7, 11) is 0. The van der Waals surface area contributed by atoms with E-state index in [0.29, 0.717) is 6.61 Å². The molecule has 2 aromatic heterocycles. The number of nitrogens with zero attached hydrogens (tertiary/aromatic N) is 2. The van der Waals surface area contributed by atoms with Crippen molar-refractivity contribution in [2.75, 3.05) is 13.2 Å². The van der Waals surface area contributed by atoms with Crippen LogP contribution in [0.5, 0.6) is 5.75 Å². The summed E-state index contributed by atoms with van der Waals surface area (Å²) in [5, 5.41) is 3.33. The van der Waals surface area contributed by atoms with E-state index in [2.05, 4.69) is 22.2 Å². The first-order valence-corrected chi connectivity index (χ1v) is 7.06. The molecule has 4 heteroatoms. The van der Waals surface area contributed by atoms with E-state index in [1.807, 2.05) is 24.3 Å². The molecular formula is C16H21N3O. The Kier molecular flexibility index (Phi) is 5.99. The zero-order valence-corrected chi connectivity index (χ0v) is 11.9. The van der Waals surface area contributed by atoms with Crippen LogP contribution in [0.1, 0.15) is 24.6 Å². The zero-order valence-electron chi connectivity index (χ0n) is 11.9. The first-order chi connectivity index (χ1) is 9.88. The number of rotatable bonds is 8. The van der Waals surface area contributed by atoms with E-state index >= 15 is 0 Å². The molecule has 0 atom stereocenters. The van der Waals surface area contributed by atoms with Gasteiger partial charge in [0.05, 0.1) is 18.5 Å². The molecule has 2 aromatic rings. The summed E-state index contributed by atoms with van der Waals surface area (Å²) in [4.78, 5) is 8.37. The third-order valence-corrected chi connectivity index (χ3v) is 2.94. The minimum Gasteiger partial charge on any atom is -0.492 e. The second-order valence-corrected chi connectivity index (χ2v) is 4.62. The summed E-state index contributed by atoms with van der Waals surface area (Å²) in [6.45, 7) is 4.64. The van der Waals surface area contributed by atoms with Gasteiger partial charge in [-0.1, -0.05) is 6.92 Å². The largest absolute Gasteiger partial charge is 0.492 e. The minimum atomic E-state index is 0.652. The van der Waals surface area contributed by atoms with E-state index in [-0.39, 0.29) is 0 Å². The van der Waals surface area contributed by atoms with Crippen LogP contribution in [0.2, 0.25) is 0 Å². The van der Waals surface area contributed by atoms with Crippen molar-refractivity contribution in [1.82, 2.24) is 15.3 Å². The van der Waals surface area contributed by atoms with Crippen molar-refractivity contribution in [1.29, 1.82) is 0 Å². The number of nitrogens with one attached hydrogen (secondary N) is 1. The van der Waals surface area contributed by atoms with E-state index < -0.39 is 0 Å². The Morgan fingerprint density at radius 1 is 1.15 bits per heavy atom. The highest BCUT2D eigenvalue weighted by Crippen LogP contribution is 2.10. The van der Waals surface area contributed by atoms with Gasteiger partial charge in [-0.2, -0.15) is 0 Å². The lowest BCUT2D eigenvalue weighted by atomic mass is 10.2. The van der Waals surface area contributed by atoms with Crippen LogP contribution in [0, 0.1) is 0 Å². The first-order valence-electron chi connectivity index (χ1n) is 7.06. The Bertz CT molecular complexity index is 485. The third-order valence-electron chi connectivity index (χ3n) is 2.94. The van der Waals surface area contributed by atoms with Gasteiger partial charge in [-0.3, -0.25) is 9.97 Å². The van der Waals surface area contributed by atoms with Crippen LogP contribution in [0.4, 0.5) is 0 Å². The van der Waals surface area contributed by atoms with Crippen LogP contribution < -0.4 is 10.1 Å². The van der Waals surface area contributed by atoms with Gasteiger partial charge in [-0.15, -0.1) is 0 Å². The molecule has 0 aliphatic rings. The molecule has 0 saturated heterocycles. The first kappa shape index (κ1) is 14.5. The van der Waals surface area contributed by atoms with Crippen molar-refractivity contribution in [3.63, 3.8) is 0 Å². The smallest absolute Gasteiger partial charge is 0.137 e. The predicted molar refractivity (Wildman–Crippen MR) is 79.7 cm³/mol. The molecule has 1 N–H and O–H groups in total. The predicted octanol–water partition coefficient (Wildman–Crippen LogP) is 2.60. The molecule has 0 radical (unpaired) electrons. The second-order valence-electron chi connectivity index (χ2n) is 4.62. The lowest BCUT2D eigenvalue weighted by Gasteiger charge is -2.07. The van der Waals surface area contributed by atoms with Crippen molar-refractivity contribution in [3.05, 3.63) is 54.1 Å². The summed E-state index contributed by atoms with van der Waals surface area (Å²) >= 11 is 0. The number of pyridine rings is 2. The maximum Gasteiger partial charge on any atom is 0.137 e. The van der Waals surface area contributed by atoms with Gasteiger partial charge in [0.15, 0.2) is 0 Å². The van der Waals surface area contributed by atoms with E-state index in [4.69, 9.17) is 4.74 Å². The molecule has 0 bridgehead atoms. The monoisotopic (exact) mass is 271 g/mol. The van der Waals surface area contributed by atoms with Crippen molar-refractivity contribution in [2.45, 2.75) is 26.3 Å². The Balaban J connectivity index is 1.73. The van der Waals surface area contributed by atoms with Gasteiger partial charge in [0.1, 0.15) is 5.75 Å². The topological polar surface area (TPSA) is 47.0 Å². The highest BCUT2D eigenvalue weighted by molar-refractivity contribution is 5.20. The minimum absolute atomic E-state index is 0.652. The zero-order chi connectivity index (χ0) is 14.0. The van der Waals surface area contributed by atoms with E-state index in [1.165, 1.54) is 5.56 Å². The molecule has 0 spiro atoms. The summed E-state index contributed by atoms with van der Waals surface area (Å²) in [6, 6.07) is 7.99. The molecule has 2 heterocycles. The standard InChI is InChI=1S/C16H21N3O/c1-2-8-18-12-15-3-4-16(13-19-15)20-11-7-14-5-9-17-10-6-14/h3-6,9-10,13,18H,2,7-8,11-12H2,1H3. The summed E-state index contributed by atoms with van der Waals surface area (Å²) in [6.07, 6.45) is 7.40. The van der Waals surface area contributed by atoms with Crippen molar-refractivity contribution in [2.24, 2.45) is 0 Å². The van der Waals surface area contributed by atoms with Crippen molar-refractivity contribution < 1.29 is 4.74 Å². The highest BCUT2D eigenvalue weighted by atomic mass is 16.5. The molecule has 20 heavy (non-hydrogen) atoms. The average Bonchev–Trinajstić information content (AvgIpc) is 2.50. The fraction of sp³-hybridized carbons (Fsp3) is 0.375. The molecule has 0 aliphatic carbocycles. The summed E-state index contributed by atoms with van der Waals surface area (Å²) in [5.74, 6) is 0.818. The summed E-state index contributed by atoms with van der Waals surface area (Å²) in [5.41, 5.74) is 2.27. The van der Waals surface area contributed by atoms with Gasteiger partial charge in [-0.25, -0.2) is 0 Å². The van der Waals surface area contributed by atoms with E-state index in [0.717, 1.165) is 37.4 Å². The fourth-order valence-corrected chi connectivity index (χ4v) is 1.83. The van der Waals surface area contributed by atoms with E-state index in [9.17, 15) is 0 Å². The van der Waals surface area contributed by atoms with Gasteiger partial charge in [0.2, 0.25) is 0 Å². The molecule has 0 aliphatic heterocycles. The molecule has 0 fully saturated rings. The molecule has 0 amide bonds. The Morgan fingerprint density at radius 2 is 2.00 bits per heavy atom. The van der Waals surface area contributed by atoms with Crippen molar-refractivity contribution in [3.8, 4) is 5.75 Å². The van der Waals surface area contributed by atoms with Crippen LogP contribution in [0.15, 0.2) is 42.9 Å². The van der Waals surface area contributed by atoms with Crippen LogP contribution in [-0.4, -0.2) is 23.1 Å². The molecule has 106 valence electrons. The van der Waals surface area contributed by atoms with Gasteiger partial charge in [-0.05, 0) is 42.8 Å². The van der Waals surface area contributed by atoms with Gasteiger partial charge in [0, 0.05) is 25.4 Å². The molecule has 0 aromatic carbocycles. The summed E-state index contributed by atoms with van der Waals surface area (Å²) < 4.78 is 5.69. The maximum absolute atomic E-state index is 5.69. The fourth-order valence-electron chi connectivity index (χ4n) is 1.83.